The first-order valence-electron chi connectivity index (χ1n) is 16.8. The van der Waals surface area contributed by atoms with Crippen LogP contribution in [0, 0.1) is 0 Å². The van der Waals surface area contributed by atoms with E-state index in [1.807, 2.05) is 109 Å². The Morgan fingerprint density at radius 3 is 2.04 bits per heavy atom. The fourth-order valence-electron chi connectivity index (χ4n) is 6.26. The lowest BCUT2D eigenvalue weighted by atomic mass is 9.98. The lowest BCUT2D eigenvalue weighted by Gasteiger charge is -2.42. The van der Waals surface area contributed by atoms with Crippen LogP contribution < -0.4 is 4.90 Å². The van der Waals surface area contributed by atoms with Gasteiger partial charge in [-0.05, 0) is 52.6 Å². The van der Waals surface area contributed by atoms with Gasteiger partial charge >= 0.3 is 18.0 Å². The van der Waals surface area contributed by atoms with Gasteiger partial charge in [-0.2, -0.15) is 5.21 Å². The van der Waals surface area contributed by atoms with Crippen molar-refractivity contribution in [3.63, 3.8) is 0 Å². The van der Waals surface area contributed by atoms with E-state index in [0.29, 0.717) is 30.3 Å². The van der Waals surface area contributed by atoms with Crippen LogP contribution in [0.5, 0.6) is 0 Å². The molecule has 2 heterocycles. The summed E-state index contributed by atoms with van der Waals surface area (Å²) in [4.78, 5) is 47.1. The van der Waals surface area contributed by atoms with Gasteiger partial charge in [0.25, 0.3) is 0 Å². The van der Waals surface area contributed by atoms with Crippen molar-refractivity contribution in [2.75, 3.05) is 31.1 Å². The smallest absolute Gasteiger partial charge is 0.329 e. The lowest BCUT2D eigenvalue weighted by Crippen LogP contribution is -2.62. The van der Waals surface area contributed by atoms with Crippen molar-refractivity contribution in [3.8, 4) is 22.5 Å². The summed E-state index contributed by atoms with van der Waals surface area (Å²) in [6.07, 6.45) is 2.78. The third kappa shape index (κ3) is 7.64. The van der Waals surface area contributed by atoms with Gasteiger partial charge in [0.05, 0.1) is 17.9 Å². The normalized spacial score (nSPS) is 14.3. The number of urea groups is 2. The van der Waals surface area contributed by atoms with E-state index < -0.39 is 18.0 Å². The standard InChI is InChI=1S/C38H40N8O4/c1-2-3-12-23-43(26-28-19-21-29(22-20-28)32-17-10-11-18-33(32)35-39-41-42-40-35)37(49)44-24-25-45(34(27-44)36(47)48)38(50)46(30-13-6-4-7-14-30)31-15-8-5-9-16-31/h4-11,13-22,34H,2-3,12,23-27H2,1H3,(H,47,48)(H,39,40,41,42). The Labute approximate surface area is 290 Å². The molecule has 0 radical (unpaired) electrons. The number of hydrogen-bond donors (Lipinski definition) is 2. The van der Waals surface area contributed by atoms with E-state index in [4.69, 9.17) is 0 Å². The van der Waals surface area contributed by atoms with Gasteiger partial charge < -0.3 is 19.8 Å². The number of aliphatic carboxylic acids is 1. The lowest BCUT2D eigenvalue weighted by molar-refractivity contribution is -0.143. The summed E-state index contributed by atoms with van der Waals surface area (Å²) in [5.74, 6) is -0.655. The molecule has 12 heteroatoms. The summed E-state index contributed by atoms with van der Waals surface area (Å²) in [5, 5.41) is 24.8. The molecule has 0 spiro atoms. The van der Waals surface area contributed by atoms with E-state index in [9.17, 15) is 19.5 Å². The monoisotopic (exact) mass is 672 g/mol. The minimum atomic E-state index is -1.22. The first-order chi connectivity index (χ1) is 24.4. The highest BCUT2D eigenvalue weighted by atomic mass is 16.4. The zero-order chi connectivity index (χ0) is 34.9. The number of H-pyrrole nitrogens is 1. The van der Waals surface area contributed by atoms with Crippen LogP contribution in [0.4, 0.5) is 21.0 Å². The Bertz CT molecular complexity index is 1830. The third-order valence-corrected chi connectivity index (χ3v) is 8.86. The quantitative estimate of drug-likeness (QED) is 0.149. The van der Waals surface area contributed by atoms with Crippen molar-refractivity contribution in [3.05, 3.63) is 115 Å². The molecular formula is C38H40N8O4. The Morgan fingerprint density at radius 1 is 0.800 bits per heavy atom. The van der Waals surface area contributed by atoms with Crippen LogP contribution in [-0.2, 0) is 11.3 Å². The van der Waals surface area contributed by atoms with Crippen LogP contribution >= 0.6 is 0 Å². The second-order valence-corrected chi connectivity index (χ2v) is 12.2. The maximum atomic E-state index is 14.1. The zero-order valence-electron chi connectivity index (χ0n) is 27.9. The number of carbonyl (C=O) groups is 3. The van der Waals surface area contributed by atoms with Crippen LogP contribution in [0.15, 0.2) is 109 Å². The van der Waals surface area contributed by atoms with Crippen LogP contribution in [-0.4, -0.2) is 90.7 Å². The topological polar surface area (TPSA) is 139 Å². The number of anilines is 2. The third-order valence-electron chi connectivity index (χ3n) is 8.86. The number of rotatable bonds is 11. The number of carboxylic acid groups (broad SMARTS) is 1. The van der Waals surface area contributed by atoms with Gasteiger partial charge in [-0.25, -0.2) is 14.4 Å². The largest absolute Gasteiger partial charge is 0.480 e. The van der Waals surface area contributed by atoms with Gasteiger partial charge in [-0.1, -0.05) is 105 Å². The van der Waals surface area contributed by atoms with Crippen molar-refractivity contribution >= 4 is 29.4 Å². The highest BCUT2D eigenvalue weighted by Gasteiger charge is 2.40. The number of benzene rings is 4. The van der Waals surface area contributed by atoms with Crippen LogP contribution in [0.2, 0.25) is 0 Å². The summed E-state index contributed by atoms with van der Waals surface area (Å²) in [5.41, 5.74) is 4.98. The highest BCUT2D eigenvalue weighted by Crippen LogP contribution is 2.31. The van der Waals surface area contributed by atoms with E-state index in [1.165, 1.54) is 9.80 Å². The van der Waals surface area contributed by atoms with Crippen molar-refractivity contribution in [1.82, 2.24) is 35.3 Å². The Hall–Kier alpha value is -6.04. The second kappa shape index (κ2) is 15.9. The number of unbranched alkanes of at least 4 members (excludes halogenated alkanes) is 2. The van der Waals surface area contributed by atoms with Crippen LogP contribution in [0.25, 0.3) is 22.5 Å². The average molecular weight is 673 g/mol. The van der Waals surface area contributed by atoms with Crippen molar-refractivity contribution in [1.29, 1.82) is 0 Å². The molecule has 1 aliphatic heterocycles. The van der Waals surface area contributed by atoms with Gasteiger partial charge in [0, 0.05) is 31.7 Å². The average Bonchev–Trinajstić information content (AvgIpc) is 3.70. The zero-order valence-corrected chi connectivity index (χ0v) is 27.9. The fraction of sp³-hybridized carbons (Fsp3) is 0.263. The van der Waals surface area contributed by atoms with E-state index in [0.717, 1.165) is 41.5 Å². The summed E-state index contributed by atoms with van der Waals surface area (Å²) in [6.45, 7) is 3.17. The summed E-state index contributed by atoms with van der Waals surface area (Å²) in [7, 11) is 0. The summed E-state index contributed by atoms with van der Waals surface area (Å²) >= 11 is 0. The molecule has 0 aliphatic carbocycles. The molecule has 1 unspecified atom stereocenters. The number of para-hydroxylation sites is 2. The fourth-order valence-corrected chi connectivity index (χ4v) is 6.26. The molecule has 6 rings (SSSR count). The van der Waals surface area contributed by atoms with Gasteiger partial charge in [0.2, 0.25) is 5.82 Å². The molecule has 2 N–H and O–H groups in total. The van der Waals surface area contributed by atoms with E-state index in [-0.39, 0.29) is 25.7 Å². The van der Waals surface area contributed by atoms with Crippen molar-refractivity contribution in [2.45, 2.75) is 38.8 Å². The van der Waals surface area contributed by atoms with Crippen LogP contribution in [0.1, 0.15) is 31.7 Å². The molecule has 1 aromatic heterocycles. The number of aromatic nitrogens is 4. The molecule has 4 amide bonds. The minimum absolute atomic E-state index is 0.0784. The van der Waals surface area contributed by atoms with Gasteiger partial charge in [-0.3, -0.25) is 4.90 Å². The SMILES string of the molecule is CCCCCN(Cc1ccc(-c2ccccc2-c2nn[nH]n2)cc1)C(=O)N1CCN(C(=O)N(c2ccccc2)c2ccccc2)C(C(=O)O)C1. The molecule has 0 saturated carbocycles. The van der Waals surface area contributed by atoms with Crippen molar-refractivity contribution in [2.24, 2.45) is 0 Å². The van der Waals surface area contributed by atoms with Gasteiger partial charge in [0.15, 0.2) is 0 Å². The molecule has 1 fully saturated rings. The Morgan fingerprint density at radius 2 is 1.44 bits per heavy atom. The molecule has 4 aromatic carbocycles. The molecule has 1 aliphatic rings. The molecule has 256 valence electrons. The molecular weight excluding hydrogens is 632 g/mol. The number of hydrogen-bond acceptors (Lipinski definition) is 6. The van der Waals surface area contributed by atoms with Gasteiger partial charge in [-0.15, -0.1) is 10.2 Å². The number of aromatic amines is 1. The van der Waals surface area contributed by atoms with Crippen LogP contribution in [0.3, 0.4) is 0 Å². The number of carboxylic acids is 1. The molecule has 12 nitrogen and oxygen atoms in total. The number of piperazine rings is 1. The Balaban J connectivity index is 1.19. The summed E-state index contributed by atoms with van der Waals surface area (Å²) < 4.78 is 0. The van der Waals surface area contributed by atoms with Crippen molar-refractivity contribution < 1.29 is 19.5 Å². The van der Waals surface area contributed by atoms with E-state index >= 15 is 0 Å². The molecule has 0 bridgehead atoms. The number of carbonyl (C=O) groups excluding carboxylic acids is 2. The maximum absolute atomic E-state index is 14.1. The molecule has 1 saturated heterocycles. The number of amides is 4. The predicted molar refractivity (Wildman–Crippen MR) is 191 cm³/mol. The Kier molecular flexibility index (Phi) is 10.8. The first-order valence-corrected chi connectivity index (χ1v) is 16.8. The molecule has 5 aromatic rings. The number of nitrogens with zero attached hydrogens (tertiary/aromatic N) is 7. The van der Waals surface area contributed by atoms with E-state index in [1.54, 1.807) is 9.80 Å². The molecule has 50 heavy (non-hydrogen) atoms. The number of nitrogens with one attached hydrogen (secondary N) is 1. The molecule has 1 atom stereocenters. The maximum Gasteiger partial charge on any atom is 0.329 e. The minimum Gasteiger partial charge on any atom is -0.480 e. The highest BCUT2D eigenvalue weighted by molar-refractivity contribution is 6.01. The predicted octanol–water partition coefficient (Wildman–Crippen LogP) is 6.68. The number of tetrazole rings is 1. The summed E-state index contributed by atoms with van der Waals surface area (Å²) in [6, 6.07) is 32.3. The first kappa shape index (κ1) is 33.8. The second-order valence-electron chi connectivity index (χ2n) is 12.2. The van der Waals surface area contributed by atoms with Gasteiger partial charge in [0.1, 0.15) is 6.04 Å². The van der Waals surface area contributed by atoms with E-state index in [2.05, 4.69) is 27.5 Å².